The number of hydrogen-bond acceptors (Lipinski definition) is 4. The Morgan fingerprint density at radius 3 is 2.59 bits per heavy atom. The minimum Gasteiger partial charge on any atom is -0.506 e. The zero-order valence-corrected chi connectivity index (χ0v) is 21.4. The smallest absolute Gasteiger partial charge is 0.259 e. The molecule has 0 aliphatic heterocycles. The summed E-state index contributed by atoms with van der Waals surface area (Å²) in [6.45, 7) is 1.82. The number of halogens is 4. The molecule has 1 aromatic heterocycles. The normalized spacial score (nSPS) is 11.7. The fourth-order valence-corrected chi connectivity index (χ4v) is 6.00. The van der Waals surface area contributed by atoms with Crippen molar-refractivity contribution in [3.63, 3.8) is 0 Å². The highest BCUT2D eigenvalue weighted by atomic mass is 127. The zero-order valence-electron chi connectivity index (χ0n) is 14.8. The summed E-state index contributed by atoms with van der Waals surface area (Å²) in [7, 11) is 0. The number of amides is 1. The number of anilines is 1. The van der Waals surface area contributed by atoms with Gasteiger partial charge in [0.25, 0.3) is 5.91 Å². The Bertz CT molecular complexity index is 1160. The Labute approximate surface area is 209 Å². The first-order valence-electron chi connectivity index (χ1n) is 8.15. The second-order valence-electron chi connectivity index (χ2n) is 6.13. The Morgan fingerprint density at radius 1 is 1.24 bits per heavy atom. The third kappa shape index (κ3) is 4.99. The van der Waals surface area contributed by atoms with Crippen LogP contribution in [0.4, 0.5) is 5.69 Å². The van der Waals surface area contributed by atoms with Gasteiger partial charge in [0.1, 0.15) is 11.7 Å². The van der Waals surface area contributed by atoms with Crippen molar-refractivity contribution in [1.29, 1.82) is 5.26 Å². The molecule has 3 rings (SSSR count). The van der Waals surface area contributed by atoms with Crippen LogP contribution in [-0.4, -0.2) is 11.0 Å². The molecule has 1 atom stereocenters. The number of hydrogen-bond donors (Lipinski definition) is 2. The van der Waals surface area contributed by atoms with Gasteiger partial charge in [-0.15, -0.1) is 11.3 Å². The molecule has 148 valence electrons. The average Bonchev–Trinajstić information content (AvgIpc) is 3.08. The Morgan fingerprint density at radius 2 is 1.97 bits per heavy atom. The number of rotatable bonds is 4. The zero-order chi connectivity index (χ0) is 21.3. The summed E-state index contributed by atoms with van der Waals surface area (Å²) in [5.74, 6) is -1.06. The molecule has 1 unspecified atom stereocenters. The van der Waals surface area contributed by atoms with Crippen LogP contribution in [-0.2, 0) is 0 Å². The molecular weight excluding hydrogens is 657 g/mol. The molecule has 0 bridgehead atoms. The van der Waals surface area contributed by atoms with Crippen molar-refractivity contribution in [1.82, 2.24) is 0 Å². The maximum atomic E-state index is 12.7. The summed E-state index contributed by atoms with van der Waals surface area (Å²) in [5, 5.41) is 23.1. The van der Waals surface area contributed by atoms with E-state index >= 15 is 0 Å². The van der Waals surface area contributed by atoms with Crippen LogP contribution in [0.2, 0.25) is 9.36 Å². The molecule has 0 saturated heterocycles. The van der Waals surface area contributed by atoms with Gasteiger partial charge < -0.3 is 10.4 Å². The van der Waals surface area contributed by atoms with E-state index in [0.29, 0.717) is 24.2 Å². The first-order chi connectivity index (χ1) is 13.7. The van der Waals surface area contributed by atoms with Gasteiger partial charge in [-0.3, -0.25) is 4.79 Å². The number of carbonyl (C=O) groups is 1. The number of nitrogens with one attached hydrogen (secondary N) is 1. The first-order valence-corrected chi connectivity index (χ1v) is 11.9. The number of nitrogens with zero attached hydrogens (tertiary/aromatic N) is 1. The number of phenols is 1. The van der Waals surface area contributed by atoms with Crippen LogP contribution in [0.1, 0.15) is 32.3 Å². The number of phenolic OH excluding ortho intramolecular Hbond substituents is 1. The van der Waals surface area contributed by atoms with E-state index in [9.17, 15) is 15.2 Å². The fourth-order valence-electron chi connectivity index (χ4n) is 2.76. The van der Waals surface area contributed by atoms with E-state index in [-0.39, 0.29) is 11.3 Å². The van der Waals surface area contributed by atoms with Crippen molar-refractivity contribution < 1.29 is 9.90 Å². The Balaban J connectivity index is 1.94. The lowest BCUT2D eigenvalue weighted by molar-refractivity contribution is 0.102. The first kappa shape index (κ1) is 22.6. The summed E-state index contributed by atoms with van der Waals surface area (Å²) in [6, 6.07) is 12.6. The standard InChI is InChI=1S/C20H12Cl2I2N2O2S/c1-9-4-11(13(8-25)17-2-3-18(22)29-17)14(21)7-16(9)26-20(28)12-5-10(23)6-15(24)19(12)27/h2-7,13,27H,1H3,(H,26,28). The summed E-state index contributed by atoms with van der Waals surface area (Å²) in [5.41, 5.74) is 2.09. The highest BCUT2D eigenvalue weighted by Gasteiger charge is 2.21. The molecule has 0 aliphatic rings. The van der Waals surface area contributed by atoms with Crippen LogP contribution in [0.5, 0.6) is 5.75 Å². The summed E-state index contributed by atoms with van der Waals surface area (Å²) in [6.07, 6.45) is 0. The second-order valence-corrected chi connectivity index (χ2v) is 10.7. The largest absolute Gasteiger partial charge is 0.506 e. The van der Waals surface area contributed by atoms with E-state index in [2.05, 4.69) is 34.0 Å². The number of thiophene rings is 1. The van der Waals surface area contributed by atoms with Crippen LogP contribution in [0.25, 0.3) is 0 Å². The van der Waals surface area contributed by atoms with Gasteiger partial charge in [0.15, 0.2) is 0 Å². The lowest BCUT2D eigenvalue weighted by atomic mass is 9.96. The quantitative estimate of drug-likeness (QED) is 0.289. The van der Waals surface area contributed by atoms with Gasteiger partial charge in [-0.1, -0.05) is 29.3 Å². The van der Waals surface area contributed by atoms with Crippen LogP contribution in [0.3, 0.4) is 0 Å². The monoisotopic (exact) mass is 668 g/mol. The van der Waals surface area contributed by atoms with Gasteiger partial charge >= 0.3 is 0 Å². The molecule has 9 heteroatoms. The molecule has 2 aromatic carbocycles. The van der Waals surface area contributed by atoms with E-state index < -0.39 is 11.8 Å². The fraction of sp³-hybridized carbons (Fsp3) is 0.100. The SMILES string of the molecule is Cc1cc(C(C#N)c2ccc(Cl)s2)c(Cl)cc1NC(=O)c1cc(I)cc(I)c1O. The lowest BCUT2D eigenvalue weighted by Crippen LogP contribution is -2.14. The molecule has 4 nitrogen and oxygen atoms in total. The molecule has 0 fully saturated rings. The van der Waals surface area contributed by atoms with Gasteiger partial charge in [0, 0.05) is 19.2 Å². The molecule has 29 heavy (non-hydrogen) atoms. The second kappa shape index (κ2) is 9.39. The van der Waals surface area contributed by atoms with Crippen LogP contribution < -0.4 is 5.32 Å². The third-order valence-electron chi connectivity index (χ3n) is 4.18. The number of aromatic hydroxyl groups is 1. The van der Waals surface area contributed by atoms with Crippen molar-refractivity contribution in [3.8, 4) is 11.8 Å². The van der Waals surface area contributed by atoms with E-state index in [1.54, 1.807) is 30.3 Å². The topological polar surface area (TPSA) is 73.1 Å². The Hall–Kier alpha value is -1.06. The molecule has 1 amide bonds. The van der Waals surface area contributed by atoms with E-state index in [0.717, 1.165) is 14.0 Å². The third-order valence-corrected chi connectivity index (χ3v) is 7.25. The summed E-state index contributed by atoms with van der Waals surface area (Å²) < 4.78 is 2.03. The number of carbonyl (C=O) groups excluding carboxylic acids is 1. The van der Waals surface area contributed by atoms with Crippen LogP contribution >= 0.6 is 79.7 Å². The van der Waals surface area contributed by atoms with Crippen molar-refractivity contribution in [2.24, 2.45) is 0 Å². The van der Waals surface area contributed by atoms with Crippen molar-refractivity contribution in [2.45, 2.75) is 12.8 Å². The number of nitriles is 1. The van der Waals surface area contributed by atoms with Crippen LogP contribution in [0, 0.1) is 25.4 Å². The number of benzene rings is 2. The summed E-state index contributed by atoms with van der Waals surface area (Å²) >= 11 is 17.9. The van der Waals surface area contributed by atoms with Crippen molar-refractivity contribution in [3.05, 3.63) is 74.5 Å². The molecule has 0 saturated carbocycles. The van der Waals surface area contributed by atoms with Crippen LogP contribution in [0.15, 0.2) is 36.4 Å². The minimum atomic E-state index is -0.551. The molecule has 2 N–H and O–H groups in total. The molecular formula is C20H12Cl2I2N2O2S. The summed E-state index contributed by atoms with van der Waals surface area (Å²) in [4.78, 5) is 13.5. The maximum Gasteiger partial charge on any atom is 0.259 e. The van der Waals surface area contributed by atoms with Gasteiger partial charge in [-0.05, 0) is 93.6 Å². The van der Waals surface area contributed by atoms with Gasteiger partial charge in [0.2, 0.25) is 0 Å². The lowest BCUT2D eigenvalue weighted by Gasteiger charge is -2.15. The van der Waals surface area contributed by atoms with E-state index in [4.69, 9.17) is 23.2 Å². The van der Waals surface area contributed by atoms with Gasteiger partial charge in [0.05, 0.1) is 19.5 Å². The maximum absolute atomic E-state index is 12.7. The highest BCUT2D eigenvalue weighted by molar-refractivity contribution is 14.1. The van der Waals surface area contributed by atoms with Gasteiger partial charge in [-0.2, -0.15) is 5.26 Å². The molecule has 0 spiro atoms. The van der Waals surface area contributed by atoms with Crippen molar-refractivity contribution >= 4 is 91.3 Å². The van der Waals surface area contributed by atoms with E-state index in [1.807, 2.05) is 35.6 Å². The Kier molecular flexibility index (Phi) is 7.32. The predicted octanol–water partition coefficient (Wildman–Crippen LogP) is 7.19. The molecule has 3 aromatic rings. The minimum absolute atomic E-state index is 0.0667. The molecule has 0 aliphatic carbocycles. The average molecular weight is 669 g/mol. The van der Waals surface area contributed by atoms with Gasteiger partial charge in [-0.25, -0.2) is 0 Å². The molecule has 1 heterocycles. The van der Waals surface area contributed by atoms with Crippen molar-refractivity contribution in [2.75, 3.05) is 5.32 Å². The highest BCUT2D eigenvalue weighted by Crippen LogP contribution is 2.38. The molecule has 0 radical (unpaired) electrons. The van der Waals surface area contributed by atoms with E-state index in [1.165, 1.54) is 11.3 Å². The predicted molar refractivity (Wildman–Crippen MR) is 134 cm³/mol. The number of aryl methyl sites for hydroxylation is 1.